The highest BCUT2D eigenvalue weighted by molar-refractivity contribution is 5.48. The Hall–Kier alpha value is -2.82. The number of hydrogen-bond acceptors (Lipinski definition) is 4. The molecule has 0 fully saturated rings. The number of nitrogens with one attached hydrogen (secondary N) is 1. The average molecular weight is 322 g/mol. The molecule has 0 aliphatic heterocycles. The summed E-state index contributed by atoms with van der Waals surface area (Å²) in [5.41, 5.74) is 3.41. The van der Waals surface area contributed by atoms with Crippen LogP contribution in [-0.2, 0) is 20.2 Å². The van der Waals surface area contributed by atoms with Crippen molar-refractivity contribution >= 4 is 5.69 Å². The lowest BCUT2D eigenvalue weighted by Crippen LogP contribution is -2.06. The third-order valence-electron chi connectivity index (χ3n) is 3.96. The van der Waals surface area contributed by atoms with E-state index in [1.807, 2.05) is 42.8 Å². The molecule has 0 unspecified atom stereocenters. The number of rotatable bonds is 6. The molecule has 24 heavy (non-hydrogen) atoms. The SMILES string of the molecule is Cc1cccc(COc2cccc(NCc3nnc(C)n3C)c2)c1. The number of anilines is 1. The summed E-state index contributed by atoms with van der Waals surface area (Å²) in [6, 6.07) is 16.3. The first-order chi connectivity index (χ1) is 11.6. The van der Waals surface area contributed by atoms with Crippen molar-refractivity contribution in [1.82, 2.24) is 14.8 Å². The minimum absolute atomic E-state index is 0.563. The van der Waals surface area contributed by atoms with Crippen LogP contribution in [0.4, 0.5) is 5.69 Å². The number of benzene rings is 2. The summed E-state index contributed by atoms with van der Waals surface area (Å²) in [6.07, 6.45) is 0. The molecule has 3 aromatic rings. The Kier molecular flexibility index (Phi) is 4.79. The largest absolute Gasteiger partial charge is 0.489 e. The lowest BCUT2D eigenvalue weighted by molar-refractivity contribution is 0.306. The molecule has 1 aromatic heterocycles. The van der Waals surface area contributed by atoms with E-state index in [0.717, 1.165) is 23.1 Å². The van der Waals surface area contributed by atoms with Crippen molar-refractivity contribution in [2.75, 3.05) is 5.32 Å². The Labute approximate surface area is 142 Å². The van der Waals surface area contributed by atoms with Crippen LogP contribution in [0.1, 0.15) is 22.8 Å². The van der Waals surface area contributed by atoms with Gasteiger partial charge < -0.3 is 14.6 Å². The summed E-state index contributed by atoms with van der Waals surface area (Å²) in [7, 11) is 1.97. The van der Waals surface area contributed by atoms with Gasteiger partial charge in [-0.2, -0.15) is 0 Å². The quantitative estimate of drug-likeness (QED) is 0.753. The van der Waals surface area contributed by atoms with Gasteiger partial charge in [0.05, 0.1) is 6.54 Å². The Bertz CT molecular complexity index is 826. The summed E-state index contributed by atoms with van der Waals surface area (Å²) in [4.78, 5) is 0. The first kappa shape index (κ1) is 16.1. The average Bonchev–Trinajstić information content (AvgIpc) is 2.90. The van der Waals surface area contributed by atoms with Crippen LogP contribution >= 0.6 is 0 Å². The zero-order valence-corrected chi connectivity index (χ0v) is 14.3. The minimum atomic E-state index is 0.563. The molecular weight excluding hydrogens is 300 g/mol. The van der Waals surface area contributed by atoms with Crippen molar-refractivity contribution in [2.45, 2.75) is 27.0 Å². The molecule has 0 aliphatic carbocycles. The predicted molar refractivity (Wildman–Crippen MR) is 95.0 cm³/mol. The fourth-order valence-corrected chi connectivity index (χ4v) is 2.45. The molecule has 3 rings (SSSR count). The monoisotopic (exact) mass is 322 g/mol. The van der Waals surface area contributed by atoms with Gasteiger partial charge in [0.2, 0.25) is 0 Å². The van der Waals surface area contributed by atoms with Crippen molar-refractivity contribution < 1.29 is 4.74 Å². The maximum atomic E-state index is 5.89. The van der Waals surface area contributed by atoms with Crippen LogP contribution in [0.3, 0.4) is 0 Å². The minimum Gasteiger partial charge on any atom is -0.489 e. The summed E-state index contributed by atoms with van der Waals surface area (Å²) in [5.74, 6) is 2.65. The van der Waals surface area contributed by atoms with E-state index < -0.39 is 0 Å². The summed E-state index contributed by atoms with van der Waals surface area (Å²) in [6.45, 7) is 5.21. The lowest BCUT2D eigenvalue weighted by atomic mass is 10.1. The zero-order valence-electron chi connectivity index (χ0n) is 14.3. The Morgan fingerprint density at radius 3 is 2.62 bits per heavy atom. The fraction of sp³-hybridized carbons (Fsp3) is 0.263. The second-order valence-corrected chi connectivity index (χ2v) is 5.88. The second kappa shape index (κ2) is 7.17. The summed E-state index contributed by atoms with van der Waals surface area (Å²) in [5, 5.41) is 11.6. The topological polar surface area (TPSA) is 52.0 Å². The molecule has 0 bridgehead atoms. The molecule has 2 aromatic carbocycles. The number of ether oxygens (including phenoxy) is 1. The molecule has 0 amide bonds. The molecule has 1 N–H and O–H groups in total. The van der Waals surface area contributed by atoms with Crippen LogP contribution in [-0.4, -0.2) is 14.8 Å². The second-order valence-electron chi connectivity index (χ2n) is 5.88. The molecule has 124 valence electrons. The van der Waals surface area contributed by atoms with E-state index in [9.17, 15) is 0 Å². The highest BCUT2D eigenvalue weighted by Gasteiger charge is 2.05. The smallest absolute Gasteiger partial charge is 0.152 e. The third-order valence-corrected chi connectivity index (χ3v) is 3.96. The molecule has 1 heterocycles. The summed E-state index contributed by atoms with van der Waals surface area (Å²) >= 11 is 0. The van der Waals surface area contributed by atoms with Gasteiger partial charge in [-0.15, -0.1) is 10.2 Å². The van der Waals surface area contributed by atoms with Crippen LogP contribution in [0.2, 0.25) is 0 Å². The van der Waals surface area contributed by atoms with Crippen LogP contribution < -0.4 is 10.1 Å². The first-order valence-electron chi connectivity index (χ1n) is 7.99. The van der Waals surface area contributed by atoms with Gasteiger partial charge in [0.15, 0.2) is 5.82 Å². The molecule has 0 spiro atoms. The van der Waals surface area contributed by atoms with Crippen molar-refractivity contribution in [2.24, 2.45) is 7.05 Å². The first-order valence-corrected chi connectivity index (χ1v) is 7.99. The van der Waals surface area contributed by atoms with Crippen LogP contribution in [0.15, 0.2) is 48.5 Å². The normalized spacial score (nSPS) is 10.6. The van der Waals surface area contributed by atoms with E-state index in [2.05, 4.69) is 46.7 Å². The number of hydrogen-bond donors (Lipinski definition) is 1. The zero-order chi connectivity index (χ0) is 16.9. The Morgan fingerprint density at radius 2 is 1.88 bits per heavy atom. The molecule has 0 radical (unpaired) electrons. The van der Waals surface area contributed by atoms with Gasteiger partial charge in [-0.05, 0) is 31.5 Å². The van der Waals surface area contributed by atoms with Gasteiger partial charge in [-0.3, -0.25) is 0 Å². The van der Waals surface area contributed by atoms with Gasteiger partial charge in [-0.25, -0.2) is 0 Å². The lowest BCUT2D eigenvalue weighted by Gasteiger charge is -2.10. The molecule has 0 saturated heterocycles. The Balaban J connectivity index is 1.60. The predicted octanol–water partition coefficient (Wildman–Crippen LogP) is 3.62. The maximum Gasteiger partial charge on any atom is 0.152 e. The molecule has 5 nitrogen and oxygen atoms in total. The van der Waals surface area contributed by atoms with E-state index in [-0.39, 0.29) is 0 Å². The van der Waals surface area contributed by atoms with Crippen LogP contribution in [0.25, 0.3) is 0 Å². The van der Waals surface area contributed by atoms with Crippen molar-refractivity contribution in [3.8, 4) is 5.75 Å². The van der Waals surface area contributed by atoms with Gasteiger partial charge in [-0.1, -0.05) is 35.9 Å². The molecule has 0 saturated carbocycles. The van der Waals surface area contributed by atoms with E-state index >= 15 is 0 Å². The molecular formula is C19H22N4O. The van der Waals surface area contributed by atoms with Crippen molar-refractivity contribution in [3.05, 3.63) is 71.3 Å². The Morgan fingerprint density at radius 1 is 1.04 bits per heavy atom. The number of nitrogens with zero attached hydrogens (tertiary/aromatic N) is 3. The molecule has 0 atom stereocenters. The van der Waals surface area contributed by atoms with Crippen LogP contribution in [0.5, 0.6) is 5.75 Å². The highest BCUT2D eigenvalue weighted by atomic mass is 16.5. The van der Waals surface area contributed by atoms with Gasteiger partial charge >= 0.3 is 0 Å². The third kappa shape index (κ3) is 3.93. The van der Waals surface area contributed by atoms with Crippen molar-refractivity contribution in [3.63, 3.8) is 0 Å². The highest BCUT2D eigenvalue weighted by Crippen LogP contribution is 2.19. The fourth-order valence-electron chi connectivity index (χ4n) is 2.45. The maximum absolute atomic E-state index is 5.89. The number of aryl methyl sites for hydroxylation is 2. The molecule has 5 heteroatoms. The summed E-state index contributed by atoms with van der Waals surface area (Å²) < 4.78 is 7.87. The van der Waals surface area contributed by atoms with E-state index in [4.69, 9.17) is 4.74 Å². The van der Waals surface area contributed by atoms with E-state index in [1.54, 1.807) is 0 Å². The standard InChI is InChI=1S/C19H22N4O/c1-14-6-4-7-16(10-14)13-24-18-9-5-8-17(11-18)20-12-19-22-21-15(2)23(19)3/h4-11,20H,12-13H2,1-3H3. The van der Waals surface area contributed by atoms with E-state index in [0.29, 0.717) is 13.2 Å². The molecule has 0 aliphatic rings. The van der Waals surface area contributed by atoms with Gasteiger partial charge in [0, 0.05) is 18.8 Å². The van der Waals surface area contributed by atoms with Crippen molar-refractivity contribution in [1.29, 1.82) is 0 Å². The van der Waals surface area contributed by atoms with Crippen LogP contribution in [0, 0.1) is 13.8 Å². The van der Waals surface area contributed by atoms with E-state index in [1.165, 1.54) is 11.1 Å². The van der Waals surface area contributed by atoms with Gasteiger partial charge in [0.25, 0.3) is 0 Å². The number of aromatic nitrogens is 3. The van der Waals surface area contributed by atoms with Gasteiger partial charge in [0.1, 0.15) is 18.2 Å².